The molecule has 158 valence electrons. The van der Waals surface area contributed by atoms with E-state index in [1.54, 1.807) is 0 Å². The molecule has 1 heterocycles. The van der Waals surface area contributed by atoms with Crippen LogP contribution in [0.15, 0.2) is 54.6 Å². The van der Waals surface area contributed by atoms with Gasteiger partial charge < -0.3 is 9.72 Å². The second kappa shape index (κ2) is 8.65. The Morgan fingerprint density at radius 3 is 2.40 bits per heavy atom. The van der Waals surface area contributed by atoms with Crippen LogP contribution in [-0.2, 0) is 21.5 Å². The molecule has 2 aromatic carbocycles. The summed E-state index contributed by atoms with van der Waals surface area (Å²) in [6, 6.07) is 19.4. The highest BCUT2D eigenvalue weighted by Crippen LogP contribution is 2.47. The summed E-state index contributed by atoms with van der Waals surface area (Å²) in [6.07, 6.45) is 5.30. The molecule has 30 heavy (non-hydrogen) atoms. The normalized spacial score (nSPS) is 21.8. The van der Waals surface area contributed by atoms with Gasteiger partial charge in [-0.1, -0.05) is 48.5 Å². The van der Waals surface area contributed by atoms with Gasteiger partial charge in [-0.15, -0.1) is 0 Å². The van der Waals surface area contributed by atoms with E-state index in [-0.39, 0.29) is 11.5 Å². The first-order valence-electron chi connectivity index (χ1n) is 11.0. The Morgan fingerprint density at radius 2 is 1.73 bits per heavy atom. The van der Waals surface area contributed by atoms with Crippen molar-refractivity contribution in [3.63, 3.8) is 0 Å². The number of ether oxygens (including phenoxy) is 1. The van der Waals surface area contributed by atoms with Crippen LogP contribution in [-0.4, -0.2) is 36.6 Å². The van der Waals surface area contributed by atoms with Crippen LogP contribution in [0.25, 0.3) is 10.9 Å². The fourth-order valence-corrected chi connectivity index (χ4v) is 5.26. The van der Waals surface area contributed by atoms with Crippen LogP contribution in [0.5, 0.6) is 0 Å². The molecule has 0 radical (unpaired) electrons. The topological polar surface area (TPSA) is 45.3 Å². The number of fused-ring (bicyclic) bond motifs is 1. The Balaban J connectivity index is 1.60. The van der Waals surface area contributed by atoms with Crippen LogP contribution in [0.2, 0.25) is 0 Å². The molecule has 1 aromatic heterocycles. The first-order chi connectivity index (χ1) is 14.5. The van der Waals surface area contributed by atoms with Gasteiger partial charge in [-0.25, -0.2) is 0 Å². The van der Waals surface area contributed by atoms with E-state index in [0.717, 1.165) is 32.1 Å². The zero-order valence-corrected chi connectivity index (χ0v) is 18.3. The average Bonchev–Trinajstić information content (AvgIpc) is 3.13. The highest BCUT2D eigenvalue weighted by Gasteiger charge is 2.39. The van der Waals surface area contributed by atoms with Gasteiger partial charge in [-0.05, 0) is 62.9 Å². The highest BCUT2D eigenvalue weighted by atomic mass is 16.5. The molecule has 3 aromatic rings. The summed E-state index contributed by atoms with van der Waals surface area (Å²) in [4.78, 5) is 17.4. The van der Waals surface area contributed by atoms with E-state index < -0.39 is 0 Å². The number of carbonyl (C=O) groups excluding carboxylic acids is 1. The van der Waals surface area contributed by atoms with Gasteiger partial charge in [0.1, 0.15) is 0 Å². The third-order valence-corrected chi connectivity index (χ3v) is 6.89. The van der Waals surface area contributed by atoms with E-state index >= 15 is 0 Å². The highest BCUT2D eigenvalue weighted by molar-refractivity contribution is 5.85. The van der Waals surface area contributed by atoms with Crippen molar-refractivity contribution in [3.05, 3.63) is 71.4 Å². The summed E-state index contributed by atoms with van der Waals surface area (Å²) in [5.74, 6) is 0.286. The molecule has 0 unspecified atom stereocenters. The lowest BCUT2D eigenvalue weighted by atomic mass is 9.70. The summed E-state index contributed by atoms with van der Waals surface area (Å²) in [7, 11) is 4.42. The lowest BCUT2D eigenvalue weighted by Gasteiger charge is -2.45. The second-order valence-corrected chi connectivity index (χ2v) is 8.72. The quantitative estimate of drug-likeness (QED) is 0.561. The van der Waals surface area contributed by atoms with E-state index in [4.69, 9.17) is 4.74 Å². The first-order valence-corrected chi connectivity index (χ1v) is 11.0. The molecule has 1 N–H and O–H groups in total. The molecular weight excluding hydrogens is 372 g/mol. The molecule has 0 amide bonds. The van der Waals surface area contributed by atoms with Crippen LogP contribution in [0.3, 0.4) is 0 Å². The van der Waals surface area contributed by atoms with Gasteiger partial charge in [0.15, 0.2) is 0 Å². The summed E-state index contributed by atoms with van der Waals surface area (Å²) in [5, 5.41) is 1.26. The van der Waals surface area contributed by atoms with E-state index in [2.05, 4.69) is 78.6 Å². The number of esters is 1. The summed E-state index contributed by atoms with van der Waals surface area (Å²) in [6.45, 7) is 1.91. The van der Waals surface area contributed by atoms with Gasteiger partial charge in [0.2, 0.25) is 0 Å². The number of hydrogen-bond acceptors (Lipinski definition) is 3. The molecule has 4 rings (SSSR count). The number of rotatable bonds is 6. The predicted molar refractivity (Wildman–Crippen MR) is 122 cm³/mol. The number of aromatic nitrogens is 1. The molecule has 0 bridgehead atoms. The van der Waals surface area contributed by atoms with Crippen molar-refractivity contribution in [2.45, 2.75) is 50.5 Å². The van der Waals surface area contributed by atoms with E-state index in [9.17, 15) is 4.79 Å². The van der Waals surface area contributed by atoms with Gasteiger partial charge in [0.05, 0.1) is 6.61 Å². The zero-order chi connectivity index (χ0) is 21.1. The third-order valence-electron chi connectivity index (χ3n) is 6.89. The SMILES string of the molecule is CC(=O)OCCc1c(C2CCC(c3ccccc3)(N(C)C)CC2)[nH]c2ccccc12. The van der Waals surface area contributed by atoms with E-state index in [1.165, 1.54) is 34.6 Å². The Labute approximate surface area is 179 Å². The van der Waals surface area contributed by atoms with Gasteiger partial charge in [-0.2, -0.15) is 0 Å². The van der Waals surface area contributed by atoms with Crippen LogP contribution < -0.4 is 0 Å². The molecule has 0 atom stereocenters. The molecule has 1 aliphatic rings. The number of para-hydroxylation sites is 1. The standard InChI is InChI=1S/C26H32N2O2/c1-19(29)30-18-15-23-22-11-7-8-12-24(22)27-25(23)20-13-16-26(17-14-20,28(2)3)21-9-5-4-6-10-21/h4-12,20,27H,13-18H2,1-3H3. The minimum Gasteiger partial charge on any atom is -0.466 e. The molecule has 4 heteroatoms. The van der Waals surface area contributed by atoms with Crippen LogP contribution >= 0.6 is 0 Å². The Hall–Kier alpha value is -2.59. The summed E-state index contributed by atoms with van der Waals surface area (Å²) < 4.78 is 5.27. The molecule has 1 fully saturated rings. The van der Waals surface area contributed by atoms with Gasteiger partial charge in [0, 0.05) is 35.5 Å². The average molecular weight is 405 g/mol. The van der Waals surface area contributed by atoms with Gasteiger partial charge in [-0.3, -0.25) is 9.69 Å². The monoisotopic (exact) mass is 404 g/mol. The number of nitrogens with one attached hydrogen (secondary N) is 1. The minimum atomic E-state index is -0.215. The Bertz CT molecular complexity index is 998. The van der Waals surface area contributed by atoms with E-state index in [1.807, 2.05) is 0 Å². The number of carbonyl (C=O) groups is 1. The van der Waals surface area contributed by atoms with Crippen LogP contribution in [0, 0.1) is 0 Å². The first kappa shape index (κ1) is 20.7. The summed E-state index contributed by atoms with van der Waals surface area (Å²) in [5.41, 5.74) is 5.34. The molecule has 0 saturated heterocycles. The smallest absolute Gasteiger partial charge is 0.302 e. The molecule has 0 aliphatic heterocycles. The fourth-order valence-electron chi connectivity index (χ4n) is 5.26. The molecule has 1 saturated carbocycles. The number of hydrogen-bond donors (Lipinski definition) is 1. The van der Waals surface area contributed by atoms with E-state index in [0.29, 0.717) is 12.5 Å². The number of aromatic amines is 1. The molecule has 4 nitrogen and oxygen atoms in total. The van der Waals surface area contributed by atoms with Crippen molar-refractivity contribution in [2.24, 2.45) is 0 Å². The summed E-state index contributed by atoms with van der Waals surface area (Å²) >= 11 is 0. The Morgan fingerprint density at radius 1 is 1.07 bits per heavy atom. The van der Waals surface area contributed by atoms with Crippen LogP contribution in [0.4, 0.5) is 0 Å². The zero-order valence-electron chi connectivity index (χ0n) is 18.3. The number of nitrogens with zero attached hydrogens (tertiary/aromatic N) is 1. The van der Waals surface area contributed by atoms with Gasteiger partial charge in [0.25, 0.3) is 0 Å². The minimum absolute atomic E-state index is 0.0989. The lowest BCUT2D eigenvalue weighted by Crippen LogP contribution is -2.44. The van der Waals surface area contributed by atoms with Crippen molar-refractivity contribution >= 4 is 16.9 Å². The predicted octanol–water partition coefficient (Wildman–Crippen LogP) is 5.39. The molecular formula is C26H32N2O2. The van der Waals surface area contributed by atoms with Crippen molar-refractivity contribution in [1.82, 2.24) is 9.88 Å². The Kier molecular flexibility index (Phi) is 5.96. The number of H-pyrrole nitrogens is 1. The lowest BCUT2D eigenvalue weighted by molar-refractivity contribution is -0.140. The second-order valence-electron chi connectivity index (χ2n) is 8.72. The maximum Gasteiger partial charge on any atom is 0.302 e. The largest absolute Gasteiger partial charge is 0.466 e. The van der Waals surface area contributed by atoms with Crippen molar-refractivity contribution in [2.75, 3.05) is 20.7 Å². The van der Waals surface area contributed by atoms with Crippen LogP contribution in [0.1, 0.15) is 55.3 Å². The van der Waals surface area contributed by atoms with Crippen molar-refractivity contribution < 1.29 is 9.53 Å². The maximum atomic E-state index is 11.3. The number of benzene rings is 2. The van der Waals surface area contributed by atoms with Crippen molar-refractivity contribution in [1.29, 1.82) is 0 Å². The van der Waals surface area contributed by atoms with Crippen molar-refractivity contribution in [3.8, 4) is 0 Å². The molecule has 1 aliphatic carbocycles. The molecule has 0 spiro atoms. The third kappa shape index (κ3) is 3.89. The van der Waals surface area contributed by atoms with Gasteiger partial charge >= 0.3 is 5.97 Å². The fraction of sp³-hybridized carbons (Fsp3) is 0.423. The maximum absolute atomic E-state index is 11.3.